The summed E-state index contributed by atoms with van der Waals surface area (Å²) in [5.41, 5.74) is 4.70. The van der Waals surface area contributed by atoms with E-state index in [4.69, 9.17) is 4.74 Å². The van der Waals surface area contributed by atoms with Crippen LogP contribution in [0.4, 0.5) is 0 Å². The van der Waals surface area contributed by atoms with Crippen molar-refractivity contribution in [1.82, 2.24) is 9.55 Å². The van der Waals surface area contributed by atoms with Crippen molar-refractivity contribution in [2.75, 3.05) is 7.11 Å². The summed E-state index contributed by atoms with van der Waals surface area (Å²) >= 11 is 0. The lowest BCUT2D eigenvalue weighted by Gasteiger charge is -2.16. The molecular formula is C19H20N2O2. The van der Waals surface area contributed by atoms with Crippen molar-refractivity contribution in [3.05, 3.63) is 63.7 Å². The van der Waals surface area contributed by atoms with Crippen LogP contribution in [0.1, 0.15) is 29.7 Å². The lowest BCUT2D eigenvalue weighted by atomic mass is 9.96. The summed E-state index contributed by atoms with van der Waals surface area (Å²) in [4.78, 5) is 15.2. The zero-order chi connectivity index (χ0) is 15.8. The first-order valence-corrected chi connectivity index (χ1v) is 8.12. The number of nitrogens with one attached hydrogen (secondary N) is 1. The Morgan fingerprint density at radius 2 is 1.91 bits per heavy atom. The van der Waals surface area contributed by atoms with E-state index in [-0.39, 0.29) is 5.56 Å². The zero-order valence-corrected chi connectivity index (χ0v) is 13.3. The van der Waals surface area contributed by atoms with E-state index in [0.29, 0.717) is 0 Å². The number of aromatic nitrogens is 2. The fourth-order valence-corrected chi connectivity index (χ4v) is 3.68. The first kappa shape index (κ1) is 14.1. The van der Waals surface area contributed by atoms with Gasteiger partial charge in [0.15, 0.2) is 0 Å². The van der Waals surface area contributed by atoms with Crippen LogP contribution in [0.2, 0.25) is 0 Å². The number of aryl methyl sites for hydroxylation is 1. The fourth-order valence-electron chi connectivity index (χ4n) is 3.68. The van der Waals surface area contributed by atoms with Crippen LogP contribution in [0.25, 0.3) is 10.9 Å². The van der Waals surface area contributed by atoms with Gasteiger partial charge in [-0.15, -0.1) is 0 Å². The van der Waals surface area contributed by atoms with Gasteiger partial charge in [0, 0.05) is 23.8 Å². The minimum atomic E-state index is 0.00501. The molecule has 4 nitrogen and oxygen atoms in total. The van der Waals surface area contributed by atoms with Crippen LogP contribution in [0.5, 0.6) is 5.75 Å². The molecule has 1 aromatic carbocycles. The summed E-state index contributed by atoms with van der Waals surface area (Å²) in [6.45, 7) is 0.725. The topological polar surface area (TPSA) is 47.0 Å². The van der Waals surface area contributed by atoms with Gasteiger partial charge >= 0.3 is 0 Å². The average molecular weight is 308 g/mol. The second-order valence-corrected chi connectivity index (χ2v) is 6.14. The summed E-state index contributed by atoms with van der Waals surface area (Å²) in [7, 11) is 1.67. The maximum absolute atomic E-state index is 12.4. The molecule has 0 radical (unpaired) electrons. The second kappa shape index (κ2) is 5.61. The van der Waals surface area contributed by atoms with E-state index in [1.54, 1.807) is 13.3 Å². The molecule has 0 atom stereocenters. The van der Waals surface area contributed by atoms with Crippen molar-refractivity contribution in [3.8, 4) is 5.75 Å². The van der Waals surface area contributed by atoms with E-state index < -0.39 is 0 Å². The highest BCUT2D eigenvalue weighted by Crippen LogP contribution is 2.31. The quantitative estimate of drug-likeness (QED) is 0.807. The fraction of sp³-hybridized carbons (Fsp3) is 0.316. The van der Waals surface area contributed by atoms with Gasteiger partial charge in [-0.2, -0.15) is 0 Å². The van der Waals surface area contributed by atoms with Crippen molar-refractivity contribution in [2.45, 2.75) is 32.2 Å². The van der Waals surface area contributed by atoms with Gasteiger partial charge in [-0.25, -0.2) is 0 Å². The van der Waals surface area contributed by atoms with Crippen LogP contribution < -0.4 is 10.3 Å². The maximum Gasteiger partial charge on any atom is 0.272 e. The predicted molar refractivity (Wildman–Crippen MR) is 91.3 cm³/mol. The van der Waals surface area contributed by atoms with Gasteiger partial charge in [0.05, 0.1) is 7.11 Å². The molecule has 2 heterocycles. The smallest absolute Gasteiger partial charge is 0.272 e. The minimum absolute atomic E-state index is 0.00501. The molecule has 0 fully saturated rings. The van der Waals surface area contributed by atoms with Crippen LogP contribution in [-0.2, 0) is 19.4 Å². The molecule has 3 aromatic rings. The SMILES string of the molecule is COc1ccc(Cn2c3c(c4cc[nH]c(=O)c42)CCCC3)cc1. The number of aromatic amines is 1. The Hall–Kier alpha value is -2.49. The number of hydrogen-bond acceptors (Lipinski definition) is 2. The van der Waals surface area contributed by atoms with E-state index in [2.05, 4.69) is 21.7 Å². The van der Waals surface area contributed by atoms with Crippen molar-refractivity contribution in [1.29, 1.82) is 0 Å². The van der Waals surface area contributed by atoms with Crippen LogP contribution in [0, 0.1) is 0 Å². The molecule has 4 rings (SSSR count). The molecule has 2 aromatic heterocycles. The molecule has 1 N–H and O–H groups in total. The maximum atomic E-state index is 12.4. The van der Waals surface area contributed by atoms with Gasteiger partial charge in [-0.3, -0.25) is 4.79 Å². The molecule has 1 aliphatic carbocycles. The molecular weight excluding hydrogens is 288 g/mol. The largest absolute Gasteiger partial charge is 0.497 e. The summed E-state index contributed by atoms with van der Waals surface area (Å²) in [5.74, 6) is 0.853. The molecule has 0 saturated heterocycles. The number of nitrogens with zero attached hydrogens (tertiary/aromatic N) is 1. The normalized spacial score (nSPS) is 14.0. The van der Waals surface area contributed by atoms with Gasteiger partial charge in [0.1, 0.15) is 11.3 Å². The standard InChI is InChI=1S/C19H20N2O2/c1-23-14-8-6-13(7-9-14)12-21-17-5-3-2-4-15(17)16-10-11-20-19(22)18(16)21/h6-11H,2-5,12H2,1H3,(H,20,22). The second-order valence-electron chi connectivity index (χ2n) is 6.14. The first-order chi connectivity index (χ1) is 11.3. The highest BCUT2D eigenvalue weighted by molar-refractivity contribution is 5.85. The van der Waals surface area contributed by atoms with E-state index in [1.807, 2.05) is 18.2 Å². The van der Waals surface area contributed by atoms with E-state index >= 15 is 0 Å². The van der Waals surface area contributed by atoms with E-state index in [1.165, 1.54) is 29.7 Å². The monoisotopic (exact) mass is 308 g/mol. The number of hydrogen-bond donors (Lipinski definition) is 1. The van der Waals surface area contributed by atoms with Crippen LogP contribution in [-0.4, -0.2) is 16.7 Å². The molecule has 0 spiro atoms. The Balaban J connectivity index is 1.86. The third-order valence-electron chi connectivity index (χ3n) is 4.79. The lowest BCUT2D eigenvalue weighted by molar-refractivity contribution is 0.414. The Morgan fingerprint density at radius 3 is 2.70 bits per heavy atom. The van der Waals surface area contributed by atoms with E-state index in [9.17, 15) is 4.79 Å². The van der Waals surface area contributed by atoms with Crippen molar-refractivity contribution < 1.29 is 4.74 Å². The van der Waals surface area contributed by atoms with Gasteiger partial charge in [-0.1, -0.05) is 12.1 Å². The van der Waals surface area contributed by atoms with Crippen LogP contribution in [0.15, 0.2) is 41.3 Å². The van der Waals surface area contributed by atoms with Crippen LogP contribution >= 0.6 is 0 Å². The molecule has 1 aliphatic rings. The number of rotatable bonds is 3. The Morgan fingerprint density at radius 1 is 1.13 bits per heavy atom. The number of ether oxygens (including phenoxy) is 1. The Kier molecular flexibility index (Phi) is 3.45. The zero-order valence-electron chi connectivity index (χ0n) is 13.3. The number of methoxy groups -OCH3 is 1. The third-order valence-corrected chi connectivity index (χ3v) is 4.79. The Bertz CT molecular complexity index is 904. The third kappa shape index (κ3) is 2.34. The number of H-pyrrole nitrogens is 1. The van der Waals surface area contributed by atoms with Gasteiger partial charge in [0.2, 0.25) is 0 Å². The molecule has 4 heteroatoms. The molecule has 0 amide bonds. The summed E-state index contributed by atoms with van der Waals surface area (Å²) < 4.78 is 7.44. The Labute approximate surface area is 134 Å². The van der Waals surface area contributed by atoms with Crippen LogP contribution in [0.3, 0.4) is 0 Å². The minimum Gasteiger partial charge on any atom is -0.497 e. The molecule has 118 valence electrons. The number of pyridine rings is 1. The number of benzene rings is 1. The lowest BCUT2D eigenvalue weighted by Crippen LogP contribution is -2.14. The summed E-state index contributed by atoms with van der Waals surface area (Å²) in [6.07, 6.45) is 6.30. The van der Waals surface area contributed by atoms with Gasteiger partial charge in [0.25, 0.3) is 5.56 Å². The molecule has 0 saturated carbocycles. The molecule has 0 unspecified atom stereocenters. The highest BCUT2D eigenvalue weighted by Gasteiger charge is 2.21. The van der Waals surface area contributed by atoms with Gasteiger partial charge < -0.3 is 14.3 Å². The summed E-state index contributed by atoms with van der Waals surface area (Å²) in [6, 6.07) is 10.1. The van der Waals surface area contributed by atoms with Crippen molar-refractivity contribution in [3.63, 3.8) is 0 Å². The van der Waals surface area contributed by atoms with Crippen molar-refractivity contribution >= 4 is 10.9 Å². The predicted octanol–water partition coefficient (Wildman–Crippen LogP) is 3.27. The number of fused-ring (bicyclic) bond motifs is 3. The summed E-state index contributed by atoms with van der Waals surface area (Å²) in [5, 5.41) is 1.12. The average Bonchev–Trinajstić information content (AvgIpc) is 2.91. The highest BCUT2D eigenvalue weighted by atomic mass is 16.5. The molecule has 0 bridgehead atoms. The van der Waals surface area contributed by atoms with E-state index in [0.717, 1.165) is 36.0 Å². The first-order valence-electron chi connectivity index (χ1n) is 8.12. The van der Waals surface area contributed by atoms with Gasteiger partial charge in [-0.05, 0) is 55.0 Å². The van der Waals surface area contributed by atoms with Crippen molar-refractivity contribution in [2.24, 2.45) is 0 Å². The molecule has 0 aliphatic heterocycles. The molecule has 23 heavy (non-hydrogen) atoms.